The average molecular weight is 354 g/mol. The van der Waals surface area contributed by atoms with Gasteiger partial charge in [-0.1, -0.05) is 6.08 Å². The second-order valence-electron chi connectivity index (χ2n) is 7.38. The van der Waals surface area contributed by atoms with E-state index in [9.17, 15) is 5.21 Å². The fourth-order valence-electron chi connectivity index (χ4n) is 4.82. The van der Waals surface area contributed by atoms with Gasteiger partial charge in [0.1, 0.15) is 5.75 Å². The summed E-state index contributed by atoms with van der Waals surface area (Å²) in [6, 6.07) is 7.80. The van der Waals surface area contributed by atoms with Crippen LogP contribution in [0, 0.1) is 17.0 Å². The Morgan fingerprint density at radius 1 is 1.35 bits per heavy atom. The second-order valence-corrected chi connectivity index (χ2v) is 7.38. The summed E-state index contributed by atoms with van der Waals surface area (Å²) in [5.74, 6) is 2.00. The van der Waals surface area contributed by atoms with Crippen LogP contribution in [-0.2, 0) is 4.74 Å². The standard InChI is InChI=1S/C21H26N2O3/c1-4-14-13-22-9-7-15(14)11-20(22)21(26-3)17-8-10-23(24)19-6-5-16(25-2)12-18(17)19/h4-6,8,10,12,14-15,20-21H,1,7,9,11,13H2,2-3H3/t14?,15?,20?,21-/m1/s1. The van der Waals surface area contributed by atoms with Gasteiger partial charge in [-0.3, -0.25) is 4.90 Å². The number of pyridine rings is 1. The molecule has 5 heteroatoms. The lowest BCUT2D eigenvalue weighted by molar-refractivity contribution is -0.577. The summed E-state index contributed by atoms with van der Waals surface area (Å²) in [6.07, 6.45) is 5.96. The molecule has 3 aliphatic rings. The van der Waals surface area contributed by atoms with Gasteiger partial charge in [-0.2, -0.15) is 4.73 Å². The largest absolute Gasteiger partial charge is 0.618 e. The van der Waals surface area contributed by atoms with Crippen molar-refractivity contribution in [2.75, 3.05) is 27.3 Å². The molecule has 0 spiro atoms. The number of fused-ring (bicyclic) bond motifs is 4. The van der Waals surface area contributed by atoms with Crippen molar-refractivity contribution >= 4 is 10.9 Å². The molecule has 1 aromatic heterocycles. The summed E-state index contributed by atoms with van der Waals surface area (Å²) in [6.45, 7) is 6.17. The molecular weight excluding hydrogens is 328 g/mol. The summed E-state index contributed by atoms with van der Waals surface area (Å²) in [5.41, 5.74) is 1.70. The Morgan fingerprint density at radius 3 is 2.85 bits per heavy atom. The maximum Gasteiger partial charge on any atom is 0.224 e. The number of rotatable bonds is 5. The number of benzene rings is 1. The first-order chi connectivity index (χ1) is 12.7. The van der Waals surface area contributed by atoms with Crippen LogP contribution in [0.2, 0.25) is 0 Å². The third-order valence-corrected chi connectivity index (χ3v) is 6.21. The Hall–Kier alpha value is -2.11. The zero-order chi connectivity index (χ0) is 18.3. The molecule has 4 heterocycles. The third kappa shape index (κ3) is 2.75. The Balaban J connectivity index is 1.76. The van der Waals surface area contributed by atoms with E-state index in [1.165, 1.54) is 6.42 Å². The Morgan fingerprint density at radius 2 is 2.19 bits per heavy atom. The second kappa shape index (κ2) is 6.89. The van der Waals surface area contributed by atoms with Gasteiger partial charge in [-0.05, 0) is 43.4 Å². The van der Waals surface area contributed by atoms with Crippen LogP contribution in [0.4, 0.5) is 0 Å². The van der Waals surface area contributed by atoms with Crippen LogP contribution in [0.15, 0.2) is 43.1 Å². The minimum atomic E-state index is -0.0700. The molecule has 0 amide bonds. The molecule has 4 unspecified atom stereocenters. The molecule has 5 atom stereocenters. The van der Waals surface area contributed by atoms with Crippen LogP contribution < -0.4 is 9.47 Å². The molecule has 5 rings (SSSR count). The monoisotopic (exact) mass is 354 g/mol. The number of nitrogens with zero attached hydrogens (tertiary/aromatic N) is 2. The quantitative estimate of drug-likeness (QED) is 0.470. The van der Waals surface area contributed by atoms with E-state index in [2.05, 4.69) is 17.6 Å². The van der Waals surface area contributed by atoms with Crippen LogP contribution >= 0.6 is 0 Å². The van der Waals surface area contributed by atoms with Gasteiger partial charge >= 0.3 is 0 Å². The van der Waals surface area contributed by atoms with E-state index in [1.54, 1.807) is 20.4 Å². The van der Waals surface area contributed by atoms with Crippen LogP contribution in [0.5, 0.6) is 5.75 Å². The topological polar surface area (TPSA) is 48.6 Å². The van der Waals surface area contributed by atoms with Gasteiger partial charge in [0.15, 0.2) is 6.20 Å². The molecule has 3 aliphatic heterocycles. The van der Waals surface area contributed by atoms with Gasteiger partial charge in [0, 0.05) is 37.4 Å². The molecule has 0 N–H and O–H groups in total. The van der Waals surface area contributed by atoms with Crippen LogP contribution in [0.1, 0.15) is 24.5 Å². The predicted octanol–water partition coefficient (Wildman–Crippen LogP) is 3.07. The molecule has 26 heavy (non-hydrogen) atoms. The summed E-state index contributed by atoms with van der Waals surface area (Å²) in [5, 5.41) is 13.1. The molecule has 1 aromatic carbocycles. The zero-order valence-corrected chi connectivity index (χ0v) is 15.4. The first-order valence-electron chi connectivity index (χ1n) is 9.25. The van der Waals surface area contributed by atoms with E-state index < -0.39 is 0 Å². The van der Waals surface area contributed by atoms with Crippen molar-refractivity contribution in [1.82, 2.24) is 4.90 Å². The van der Waals surface area contributed by atoms with E-state index >= 15 is 0 Å². The SMILES string of the molecule is C=CC1CN2CCC1CC2[C@H](OC)c1cc[n+]([O-])c2ccc(OC)cc12. The van der Waals surface area contributed by atoms with Crippen molar-refractivity contribution in [2.45, 2.75) is 25.0 Å². The van der Waals surface area contributed by atoms with Crippen LogP contribution in [0.3, 0.4) is 0 Å². The van der Waals surface area contributed by atoms with Crippen molar-refractivity contribution in [3.63, 3.8) is 0 Å². The Kier molecular flexibility index (Phi) is 4.59. The molecule has 0 aliphatic carbocycles. The summed E-state index contributed by atoms with van der Waals surface area (Å²) in [7, 11) is 3.41. The molecule has 3 fully saturated rings. The van der Waals surface area contributed by atoms with Gasteiger partial charge in [0.05, 0.1) is 18.6 Å². The highest BCUT2D eigenvalue weighted by molar-refractivity contribution is 5.81. The number of hydrogen-bond acceptors (Lipinski definition) is 4. The van der Waals surface area contributed by atoms with Crippen molar-refractivity contribution in [3.05, 3.63) is 53.9 Å². The maximum atomic E-state index is 12.2. The smallest absolute Gasteiger partial charge is 0.224 e. The van der Waals surface area contributed by atoms with Crippen molar-refractivity contribution in [1.29, 1.82) is 0 Å². The minimum Gasteiger partial charge on any atom is -0.618 e. The first kappa shape index (κ1) is 17.3. The highest BCUT2D eigenvalue weighted by Gasteiger charge is 2.43. The molecule has 0 saturated carbocycles. The van der Waals surface area contributed by atoms with Crippen LogP contribution in [-0.4, -0.2) is 38.3 Å². The maximum absolute atomic E-state index is 12.2. The van der Waals surface area contributed by atoms with Gasteiger partial charge in [0.2, 0.25) is 5.52 Å². The highest BCUT2D eigenvalue weighted by Crippen LogP contribution is 2.43. The van der Waals surface area contributed by atoms with E-state index in [0.717, 1.165) is 40.9 Å². The number of aromatic nitrogens is 1. The Bertz CT molecular complexity index is 822. The molecule has 3 saturated heterocycles. The first-order valence-corrected chi connectivity index (χ1v) is 9.25. The molecule has 2 bridgehead atoms. The van der Waals surface area contributed by atoms with Crippen molar-refractivity contribution < 1.29 is 14.2 Å². The summed E-state index contributed by atoms with van der Waals surface area (Å²) in [4.78, 5) is 2.53. The van der Waals surface area contributed by atoms with Gasteiger partial charge in [-0.25, -0.2) is 0 Å². The normalized spacial score (nSPS) is 28.8. The average Bonchev–Trinajstić information content (AvgIpc) is 2.70. The van der Waals surface area contributed by atoms with Crippen molar-refractivity contribution in [2.24, 2.45) is 11.8 Å². The molecule has 0 radical (unpaired) electrons. The van der Waals surface area contributed by atoms with Crippen LogP contribution in [0.25, 0.3) is 10.9 Å². The molecule has 5 nitrogen and oxygen atoms in total. The number of piperidine rings is 3. The zero-order valence-electron chi connectivity index (χ0n) is 15.4. The van der Waals surface area contributed by atoms with Gasteiger partial charge < -0.3 is 14.7 Å². The lowest BCUT2D eigenvalue weighted by Gasteiger charge is -2.51. The Labute approximate surface area is 154 Å². The lowest BCUT2D eigenvalue weighted by atomic mass is 9.73. The number of methoxy groups -OCH3 is 2. The van der Waals surface area contributed by atoms with E-state index in [1.807, 2.05) is 24.3 Å². The molecular formula is C21H26N2O3. The third-order valence-electron chi connectivity index (χ3n) is 6.21. The molecule has 138 valence electrons. The van der Waals surface area contributed by atoms with E-state index in [-0.39, 0.29) is 6.10 Å². The highest BCUT2D eigenvalue weighted by atomic mass is 16.5. The van der Waals surface area contributed by atoms with Gasteiger partial charge in [-0.15, -0.1) is 6.58 Å². The van der Waals surface area contributed by atoms with Crippen molar-refractivity contribution in [3.8, 4) is 5.75 Å². The van der Waals surface area contributed by atoms with Gasteiger partial charge in [0.25, 0.3) is 0 Å². The fraction of sp³-hybridized carbons (Fsp3) is 0.476. The van der Waals surface area contributed by atoms with E-state index in [0.29, 0.717) is 23.4 Å². The minimum absolute atomic E-state index is 0.0700. The fourth-order valence-corrected chi connectivity index (χ4v) is 4.82. The van der Waals surface area contributed by atoms with E-state index in [4.69, 9.17) is 9.47 Å². The summed E-state index contributed by atoms with van der Waals surface area (Å²) < 4.78 is 12.3. The lowest BCUT2D eigenvalue weighted by Crippen LogP contribution is -2.55. The number of hydrogen-bond donors (Lipinski definition) is 0. The number of ether oxygens (including phenoxy) is 2. The predicted molar refractivity (Wildman–Crippen MR) is 101 cm³/mol. The molecule has 2 aromatic rings. The summed E-state index contributed by atoms with van der Waals surface area (Å²) >= 11 is 0.